The fourth-order valence-electron chi connectivity index (χ4n) is 3.21. The summed E-state index contributed by atoms with van der Waals surface area (Å²) in [6.07, 6.45) is 6.63. The van der Waals surface area contributed by atoms with E-state index in [4.69, 9.17) is 0 Å². The predicted octanol–water partition coefficient (Wildman–Crippen LogP) is 2.82. The second kappa shape index (κ2) is 7.38. The summed E-state index contributed by atoms with van der Waals surface area (Å²) in [7, 11) is -3.57. The van der Waals surface area contributed by atoms with Gasteiger partial charge in [-0.1, -0.05) is 44.4 Å². The zero-order valence-corrected chi connectivity index (χ0v) is 13.4. The first-order chi connectivity index (χ1) is 10.1. The van der Waals surface area contributed by atoms with Crippen LogP contribution in [0.1, 0.15) is 51.0 Å². The molecule has 5 heteroatoms. The summed E-state index contributed by atoms with van der Waals surface area (Å²) in [6.45, 7) is 1.76. The highest BCUT2D eigenvalue weighted by Gasteiger charge is 2.28. The normalized spacial score (nSPS) is 18.6. The average molecular weight is 311 g/mol. The Balaban J connectivity index is 2.18. The molecule has 1 saturated carbocycles. The van der Waals surface area contributed by atoms with Gasteiger partial charge < -0.3 is 5.11 Å². The van der Waals surface area contributed by atoms with E-state index in [9.17, 15) is 13.5 Å². The molecule has 0 saturated heterocycles. The Bertz CT molecular complexity index is 550. The molecule has 0 spiro atoms. The van der Waals surface area contributed by atoms with Crippen LogP contribution in [0.25, 0.3) is 0 Å². The lowest BCUT2D eigenvalue weighted by Crippen LogP contribution is -2.40. The fourth-order valence-corrected chi connectivity index (χ4v) is 4.83. The van der Waals surface area contributed by atoms with Crippen LogP contribution in [0.4, 0.5) is 0 Å². The van der Waals surface area contributed by atoms with Crippen LogP contribution in [0, 0.1) is 5.92 Å². The molecule has 1 atom stereocenters. The number of sulfonamides is 1. The standard InChI is InChI=1S/C16H25NO3S/c1-2-15(13-8-4-3-5-9-13)17-21(19,20)16-11-7-6-10-14(16)12-18/h6-7,10-11,13,15,17-18H,2-5,8-9,12H2,1H3. The van der Waals surface area contributed by atoms with Gasteiger partial charge in [-0.15, -0.1) is 0 Å². The molecule has 1 fully saturated rings. The molecular weight excluding hydrogens is 286 g/mol. The second-order valence-corrected chi connectivity index (χ2v) is 7.48. The molecular formula is C16H25NO3S. The molecule has 21 heavy (non-hydrogen) atoms. The molecule has 1 aromatic rings. The summed E-state index contributed by atoms with van der Waals surface area (Å²) < 4.78 is 28.1. The predicted molar refractivity (Wildman–Crippen MR) is 83.3 cm³/mol. The van der Waals surface area contributed by atoms with E-state index in [1.807, 2.05) is 6.92 Å². The SMILES string of the molecule is CCC(NS(=O)(=O)c1ccccc1CO)C1CCCCC1. The quantitative estimate of drug-likeness (QED) is 0.849. The number of aliphatic hydroxyl groups excluding tert-OH is 1. The lowest BCUT2D eigenvalue weighted by molar-refractivity contribution is 0.277. The molecule has 1 aromatic carbocycles. The molecule has 2 rings (SSSR count). The third-order valence-electron chi connectivity index (χ3n) is 4.40. The molecule has 118 valence electrons. The first-order valence-electron chi connectivity index (χ1n) is 7.79. The van der Waals surface area contributed by atoms with Crippen molar-refractivity contribution in [1.82, 2.24) is 4.72 Å². The highest BCUT2D eigenvalue weighted by Crippen LogP contribution is 2.29. The number of hydrogen-bond acceptors (Lipinski definition) is 3. The number of aliphatic hydroxyl groups is 1. The Morgan fingerprint density at radius 3 is 2.52 bits per heavy atom. The highest BCUT2D eigenvalue weighted by molar-refractivity contribution is 7.89. The molecule has 0 aromatic heterocycles. The van der Waals surface area contributed by atoms with Gasteiger partial charge in [-0.25, -0.2) is 13.1 Å². The summed E-state index contributed by atoms with van der Waals surface area (Å²) >= 11 is 0. The lowest BCUT2D eigenvalue weighted by atomic mass is 9.83. The van der Waals surface area contributed by atoms with E-state index in [2.05, 4.69) is 4.72 Å². The smallest absolute Gasteiger partial charge is 0.241 e. The van der Waals surface area contributed by atoms with Gasteiger partial charge in [-0.2, -0.15) is 0 Å². The molecule has 1 unspecified atom stereocenters. The van der Waals surface area contributed by atoms with Crippen LogP contribution < -0.4 is 4.72 Å². The van der Waals surface area contributed by atoms with E-state index in [1.165, 1.54) is 19.3 Å². The van der Waals surface area contributed by atoms with E-state index >= 15 is 0 Å². The van der Waals surface area contributed by atoms with Gasteiger partial charge in [0.25, 0.3) is 0 Å². The van der Waals surface area contributed by atoms with Crippen molar-refractivity contribution in [2.45, 2.75) is 63.0 Å². The maximum absolute atomic E-state index is 12.6. The monoisotopic (exact) mass is 311 g/mol. The number of rotatable bonds is 6. The molecule has 0 amide bonds. The van der Waals surface area contributed by atoms with Gasteiger partial charge >= 0.3 is 0 Å². The van der Waals surface area contributed by atoms with Crippen molar-refractivity contribution in [2.75, 3.05) is 0 Å². The number of nitrogens with one attached hydrogen (secondary N) is 1. The number of hydrogen-bond donors (Lipinski definition) is 2. The maximum Gasteiger partial charge on any atom is 0.241 e. The Labute approximate surface area is 127 Å². The highest BCUT2D eigenvalue weighted by atomic mass is 32.2. The van der Waals surface area contributed by atoms with Gasteiger partial charge in [-0.3, -0.25) is 0 Å². The third-order valence-corrected chi connectivity index (χ3v) is 5.99. The van der Waals surface area contributed by atoms with E-state index in [0.717, 1.165) is 19.3 Å². The Morgan fingerprint density at radius 2 is 1.90 bits per heavy atom. The van der Waals surface area contributed by atoms with Gasteiger partial charge in [0.2, 0.25) is 10.0 Å². The van der Waals surface area contributed by atoms with Crippen LogP contribution >= 0.6 is 0 Å². The molecule has 1 aliphatic rings. The molecule has 0 radical (unpaired) electrons. The zero-order valence-electron chi connectivity index (χ0n) is 12.6. The van der Waals surface area contributed by atoms with Gasteiger partial charge in [0.1, 0.15) is 0 Å². The molecule has 0 bridgehead atoms. The Kier molecular flexibility index (Phi) is 5.79. The first kappa shape index (κ1) is 16.5. The summed E-state index contributed by atoms with van der Waals surface area (Å²) in [5.74, 6) is 0.430. The van der Waals surface area contributed by atoms with Crippen molar-refractivity contribution < 1.29 is 13.5 Å². The fraction of sp³-hybridized carbons (Fsp3) is 0.625. The molecule has 2 N–H and O–H groups in total. The topological polar surface area (TPSA) is 66.4 Å². The van der Waals surface area contributed by atoms with Crippen molar-refractivity contribution in [3.63, 3.8) is 0 Å². The van der Waals surface area contributed by atoms with Crippen LogP contribution in [0.3, 0.4) is 0 Å². The Morgan fingerprint density at radius 1 is 1.24 bits per heavy atom. The van der Waals surface area contributed by atoms with E-state index in [1.54, 1.807) is 24.3 Å². The zero-order chi connectivity index (χ0) is 15.3. The largest absolute Gasteiger partial charge is 0.392 e. The van der Waals surface area contributed by atoms with Gasteiger partial charge in [0, 0.05) is 6.04 Å². The average Bonchev–Trinajstić information content (AvgIpc) is 2.53. The minimum atomic E-state index is -3.57. The van der Waals surface area contributed by atoms with Crippen LogP contribution in [0.15, 0.2) is 29.2 Å². The van der Waals surface area contributed by atoms with Gasteiger partial charge in [0.15, 0.2) is 0 Å². The molecule has 0 aliphatic heterocycles. The minimum Gasteiger partial charge on any atom is -0.392 e. The Hall–Kier alpha value is -0.910. The molecule has 0 heterocycles. The van der Waals surface area contributed by atoms with Gasteiger partial charge in [-0.05, 0) is 36.8 Å². The van der Waals surface area contributed by atoms with Crippen molar-refractivity contribution in [3.8, 4) is 0 Å². The summed E-state index contributed by atoms with van der Waals surface area (Å²) in [5.41, 5.74) is 0.448. The van der Waals surface area contributed by atoms with E-state index in [0.29, 0.717) is 11.5 Å². The third kappa shape index (κ3) is 4.05. The van der Waals surface area contributed by atoms with E-state index < -0.39 is 10.0 Å². The lowest BCUT2D eigenvalue weighted by Gasteiger charge is -2.30. The van der Waals surface area contributed by atoms with Crippen LogP contribution in [0.2, 0.25) is 0 Å². The molecule has 1 aliphatic carbocycles. The van der Waals surface area contributed by atoms with Crippen LogP contribution in [-0.4, -0.2) is 19.6 Å². The van der Waals surface area contributed by atoms with Crippen molar-refractivity contribution >= 4 is 10.0 Å². The first-order valence-corrected chi connectivity index (χ1v) is 9.28. The molecule has 4 nitrogen and oxygen atoms in total. The summed E-state index contributed by atoms with van der Waals surface area (Å²) in [4.78, 5) is 0.196. The van der Waals surface area contributed by atoms with Crippen LogP contribution in [0.5, 0.6) is 0 Å². The maximum atomic E-state index is 12.6. The van der Waals surface area contributed by atoms with Crippen LogP contribution in [-0.2, 0) is 16.6 Å². The number of benzene rings is 1. The minimum absolute atomic E-state index is 0.0120. The van der Waals surface area contributed by atoms with Crippen molar-refractivity contribution in [1.29, 1.82) is 0 Å². The second-order valence-electron chi connectivity index (χ2n) is 5.80. The van der Waals surface area contributed by atoms with Gasteiger partial charge in [0.05, 0.1) is 11.5 Å². The van der Waals surface area contributed by atoms with E-state index in [-0.39, 0.29) is 17.5 Å². The summed E-state index contributed by atoms with van der Waals surface area (Å²) in [6, 6.07) is 6.62. The van der Waals surface area contributed by atoms with Crippen molar-refractivity contribution in [2.24, 2.45) is 5.92 Å². The summed E-state index contributed by atoms with van der Waals surface area (Å²) in [5, 5.41) is 9.33. The van der Waals surface area contributed by atoms with Crippen molar-refractivity contribution in [3.05, 3.63) is 29.8 Å².